The Kier molecular flexibility index (Phi) is 4.99. The molecule has 1 aromatic carbocycles. The highest BCUT2D eigenvalue weighted by Crippen LogP contribution is 2.13. The van der Waals surface area contributed by atoms with Crippen molar-refractivity contribution in [3.8, 4) is 0 Å². The monoisotopic (exact) mass is 328 g/mol. The zero-order valence-electron chi connectivity index (χ0n) is 11.7. The summed E-state index contributed by atoms with van der Waals surface area (Å²) in [6, 6.07) is 5.88. The molecule has 0 saturated carbocycles. The Balaban J connectivity index is 1.89. The van der Waals surface area contributed by atoms with Crippen LogP contribution in [0.1, 0.15) is 5.69 Å². The third-order valence-electron chi connectivity index (χ3n) is 2.72. The number of aromatic nitrogens is 2. The van der Waals surface area contributed by atoms with E-state index >= 15 is 0 Å². The molecule has 0 aliphatic heterocycles. The molecule has 0 amide bonds. The molecule has 0 unspecified atom stereocenters. The quantitative estimate of drug-likeness (QED) is 0.784. The fourth-order valence-electron chi connectivity index (χ4n) is 1.60. The van der Waals surface area contributed by atoms with Crippen molar-refractivity contribution < 1.29 is 17.2 Å². The van der Waals surface area contributed by atoms with Crippen LogP contribution in [0, 0.1) is 18.6 Å². The summed E-state index contributed by atoms with van der Waals surface area (Å²) in [4.78, 5) is -0.332. The molecule has 9 heteroatoms. The maximum atomic E-state index is 13.1. The number of nitrogens with one attached hydrogen (secondary N) is 2. The normalized spacial score (nSPS) is 11.4. The standard InChI is InChI=1S/C13H14F2N4O2S/c1-9-2-5-13(19-18-9)16-6-7-17-22(20,21)10-3-4-11(14)12(15)8-10/h2-5,8,17H,6-7H2,1H3,(H,16,19). The number of halogens is 2. The predicted octanol–water partition coefficient (Wildman–Crippen LogP) is 1.45. The smallest absolute Gasteiger partial charge is 0.240 e. The fraction of sp³-hybridized carbons (Fsp3) is 0.231. The van der Waals surface area contributed by atoms with E-state index in [9.17, 15) is 17.2 Å². The molecule has 0 fully saturated rings. The zero-order chi connectivity index (χ0) is 16.2. The lowest BCUT2D eigenvalue weighted by Crippen LogP contribution is -2.29. The van der Waals surface area contributed by atoms with Crippen molar-refractivity contribution in [3.63, 3.8) is 0 Å². The Morgan fingerprint density at radius 3 is 2.45 bits per heavy atom. The minimum atomic E-state index is -3.89. The number of anilines is 1. The molecule has 1 heterocycles. The lowest BCUT2D eigenvalue weighted by molar-refractivity contribution is 0.504. The molecule has 0 atom stereocenters. The highest BCUT2D eigenvalue weighted by molar-refractivity contribution is 7.89. The number of rotatable bonds is 6. The van der Waals surface area contributed by atoms with Crippen molar-refractivity contribution in [1.29, 1.82) is 0 Å². The number of sulfonamides is 1. The van der Waals surface area contributed by atoms with Gasteiger partial charge in [0.05, 0.1) is 10.6 Å². The van der Waals surface area contributed by atoms with Gasteiger partial charge in [-0.05, 0) is 37.3 Å². The third kappa shape index (κ3) is 4.18. The summed E-state index contributed by atoms with van der Waals surface area (Å²) in [5.41, 5.74) is 0.768. The van der Waals surface area contributed by atoms with Crippen LogP contribution in [0.25, 0.3) is 0 Å². The van der Waals surface area contributed by atoms with Gasteiger partial charge in [0.15, 0.2) is 11.6 Å². The average Bonchev–Trinajstić information content (AvgIpc) is 2.48. The first kappa shape index (κ1) is 16.2. The molecule has 6 nitrogen and oxygen atoms in total. The number of hydrogen-bond acceptors (Lipinski definition) is 5. The van der Waals surface area contributed by atoms with Gasteiger partial charge in [-0.15, -0.1) is 5.10 Å². The molecule has 2 aromatic rings. The van der Waals surface area contributed by atoms with E-state index < -0.39 is 21.7 Å². The molecule has 0 spiro atoms. The van der Waals surface area contributed by atoms with Crippen LogP contribution >= 0.6 is 0 Å². The summed E-state index contributed by atoms with van der Waals surface area (Å²) in [5, 5.41) is 10.6. The van der Waals surface area contributed by atoms with Gasteiger partial charge in [0, 0.05) is 13.1 Å². The predicted molar refractivity (Wildman–Crippen MR) is 76.8 cm³/mol. The summed E-state index contributed by atoms with van der Waals surface area (Å²) < 4.78 is 51.9. The van der Waals surface area contributed by atoms with Crippen molar-refractivity contribution in [2.75, 3.05) is 18.4 Å². The SMILES string of the molecule is Cc1ccc(NCCNS(=O)(=O)c2ccc(F)c(F)c2)nn1. The Bertz CT molecular complexity index is 751. The van der Waals surface area contributed by atoms with Gasteiger partial charge in [0.1, 0.15) is 5.82 Å². The molecule has 22 heavy (non-hydrogen) atoms. The molecule has 0 aliphatic carbocycles. The Labute approximate surface area is 126 Å². The van der Waals surface area contributed by atoms with Crippen LogP contribution in [0.2, 0.25) is 0 Å². The first-order valence-corrected chi connectivity index (χ1v) is 7.86. The molecule has 2 N–H and O–H groups in total. The van der Waals surface area contributed by atoms with Crippen molar-refractivity contribution in [1.82, 2.24) is 14.9 Å². The average molecular weight is 328 g/mol. The van der Waals surface area contributed by atoms with Crippen LogP contribution in [-0.4, -0.2) is 31.7 Å². The Hall–Kier alpha value is -2.13. The van der Waals surface area contributed by atoms with E-state index in [-0.39, 0.29) is 18.0 Å². The summed E-state index contributed by atoms with van der Waals surface area (Å²) in [7, 11) is -3.89. The van der Waals surface area contributed by atoms with Gasteiger partial charge in [0.2, 0.25) is 10.0 Å². The van der Waals surface area contributed by atoms with E-state index in [4.69, 9.17) is 0 Å². The minimum Gasteiger partial charge on any atom is -0.367 e. The van der Waals surface area contributed by atoms with Crippen LogP contribution in [0.15, 0.2) is 35.2 Å². The molecule has 1 aromatic heterocycles. The number of aryl methyl sites for hydroxylation is 1. The van der Waals surface area contributed by atoms with Crippen LogP contribution in [0.3, 0.4) is 0 Å². The maximum absolute atomic E-state index is 13.1. The van der Waals surface area contributed by atoms with E-state index in [1.165, 1.54) is 0 Å². The van der Waals surface area contributed by atoms with E-state index in [1.807, 2.05) is 0 Å². The molecule has 0 saturated heterocycles. The van der Waals surface area contributed by atoms with Crippen LogP contribution in [0.5, 0.6) is 0 Å². The molecule has 0 radical (unpaired) electrons. The van der Waals surface area contributed by atoms with Crippen molar-refractivity contribution >= 4 is 15.8 Å². The second-order valence-electron chi connectivity index (χ2n) is 4.46. The van der Waals surface area contributed by atoms with Gasteiger partial charge in [0.25, 0.3) is 0 Å². The first-order valence-electron chi connectivity index (χ1n) is 6.37. The number of benzene rings is 1. The molecular formula is C13H14F2N4O2S. The van der Waals surface area contributed by atoms with Crippen LogP contribution in [0.4, 0.5) is 14.6 Å². The number of nitrogens with zero attached hydrogens (tertiary/aromatic N) is 2. The van der Waals surface area contributed by atoms with Gasteiger partial charge in [-0.25, -0.2) is 21.9 Å². The lowest BCUT2D eigenvalue weighted by atomic mass is 10.3. The van der Waals surface area contributed by atoms with E-state index in [1.54, 1.807) is 19.1 Å². The Morgan fingerprint density at radius 2 is 1.82 bits per heavy atom. The zero-order valence-corrected chi connectivity index (χ0v) is 12.5. The van der Waals surface area contributed by atoms with Crippen molar-refractivity contribution in [2.24, 2.45) is 0 Å². The van der Waals surface area contributed by atoms with Gasteiger partial charge >= 0.3 is 0 Å². The Morgan fingerprint density at radius 1 is 1.05 bits per heavy atom. The van der Waals surface area contributed by atoms with E-state index in [0.29, 0.717) is 11.9 Å². The maximum Gasteiger partial charge on any atom is 0.240 e. The molecule has 0 aliphatic rings. The minimum absolute atomic E-state index is 0.0525. The highest BCUT2D eigenvalue weighted by Gasteiger charge is 2.15. The van der Waals surface area contributed by atoms with E-state index in [0.717, 1.165) is 17.8 Å². The second kappa shape index (κ2) is 6.75. The fourth-order valence-corrected chi connectivity index (χ4v) is 2.64. The van der Waals surface area contributed by atoms with E-state index in [2.05, 4.69) is 20.2 Å². The van der Waals surface area contributed by atoms with Crippen molar-refractivity contribution in [3.05, 3.63) is 47.7 Å². The largest absolute Gasteiger partial charge is 0.367 e. The highest BCUT2D eigenvalue weighted by atomic mass is 32.2. The second-order valence-corrected chi connectivity index (χ2v) is 6.23. The first-order chi connectivity index (χ1) is 10.4. The number of hydrogen-bond donors (Lipinski definition) is 2. The summed E-state index contributed by atoms with van der Waals surface area (Å²) in [6.45, 7) is 2.12. The summed E-state index contributed by atoms with van der Waals surface area (Å²) >= 11 is 0. The lowest BCUT2D eigenvalue weighted by Gasteiger charge is -2.08. The molecule has 0 bridgehead atoms. The van der Waals surface area contributed by atoms with Crippen molar-refractivity contribution in [2.45, 2.75) is 11.8 Å². The van der Waals surface area contributed by atoms with Crippen LogP contribution < -0.4 is 10.0 Å². The van der Waals surface area contributed by atoms with Gasteiger partial charge < -0.3 is 5.32 Å². The third-order valence-corrected chi connectivity index (χ3v) is 4.18. The molecule has 118 valence electrons. The summed E-state index contributed by atoms with van der Waals surface area (Å²) in [5.74, 6) is -1.80. The molecular weight excluding hydrogens is 314 g/mol. The molecule has 2 rings (SSSR count). The van der Waals surface area contributed by atoms with Gasteiger partial charge in [-0.1, -0.05) is 0 Å². The topological polar surface area (TPSA) is 84.0 Å². The van der Waals surface area contributed by atoms with Crippen LogP contribution in [-0.2, 0) is 10.0 Å². The van der Waals surface area contributed by atoms with Gasteiger partial charge in [-0.2, -0.15) is 5.10 Å². The summed E-state index contributed by atoms with van der Waals surface area (Å²) in [6.07, 6.45) is 0. The van der Waals surface area contributed by atoms with Gasteiger partial charge in [-0.3, -0.25) is 0 Å².